The summed E-state index contributed by atoms with van der Waals surface area (Å²) in [5.74, 6) is 1.59. The van der Waals surface area contributed by atoms with Gasteiger partial charge in [0.1, 0.15) is 18.2 Å². The minimum atomic E-state index is -0.0164. The molecule has 3 N–H and O–H groups in total. The molecule has 0 saturated carbocycles. The first-order valence-corrected chi connectivity index (χ1v) is 11.1. The number of H-pyrrole nitrogens is 1. The molecule has 2 heterocycles. The van der Waals surface area contributed by atoms with Gasteiger partial charge in [-0.15, -0.1) is 5.16 Å². The van der Waals surface area contributed by atoms with Crippen molar-refractivity contribution in [3.63, 3.8) is 0 Å². The third-order valence-electron chi connectivity index (χ3n) is 5.85. The lowest BCUT2D eigenvalue weighted by Crippen LogP contribution is -2.15. The van der Waals surface area contributed by atoms with Crippen LogP contribution in [0.25, 0.3) is 40.0 Å². The van der Waals surface area contributed by atoms with Crippen molar-refractivity contribution in [2.45, 2.75) is 5.92 Å². The molecule has 0 saturated heterocycles. The summed E-state index contributed by atoms with van der Waals surface area (Å²) in [5, 5.41) is 15.2. The van der Waals surface area contributed by atoms with E-state index in [1.54, 1.807) is 12.4 Å². The van der Waals surface area contributed by atoms with Crippen LogP contribution in [0, 0.1) is 0 Å². The molecule has 2 aromatic carbocycles. The van der Waals surface area contributed by atoms with Crippen molar-refractivity contribution in [1.82, 2.24) is 20.3 Å². The Labute approximate surface area is 197 Å². The minimum absolute atomic E-state index is 0.0164. The van der Waals surface area contributed by atoms with Crippen LogP contribution < -0.4 is 10.1 Å². The van der Waals surface area contributed by atoms with E-state index in [0.29, 0.717) is 6.61 Å². The van der Waals surface area contributed by atoms with Crippen molar-refractivity contribution in [3.8, 4) is 39.7 Å². The predicted molar refractivity (Wildman–Crippen MR) is 134 cm³/mol. The van der Waals surface area contributed by atoms with Gasteiger partial charge in [-0.05, 0) is 60.6 Å². The van der Waals surface area contributed by atoms with Crippen molar-refractivity contribution in [2.75, 3.05) is 20.2 Å². The molecule has 5 rings (SSSR count). The van der Waals surface area contributed by atoms with E-state index in [1.807, 2.05) is 49.5 Å². The standard InChI is InChI=1S/C27H25N5O2/c1-28-14-15-34-23-7-4-19(5-8-23)27-31-25(18-10-12-29-13-11-18)26(32-27)21-6-9-24-20(16-21)2-3-22(24)17-30-33/h2-13,16-17,22,28,33H,14-15H2,1H3,(H,31,32). The van der Waals surface area contributed by atoms with E-state index in [2.05, 4.69) is 44.7 Å². The zero-order valence-corrected chi connectivity index (χ0v) is 18.8. The largest absolute Gasteiger partial charge is 0.492 e. The van der Waals surface area contributed by atoms with Crippen molar-refractivity contribution in [1.29, 1.82) is 0 Å². The van der Waals surface area contributed by atoms with Crippen molar-refractivity contribution < 1.29 is 9.94 Å². The van der Waals surface area contributed by atoms with E-state index in [0.717, 1.165) is 57.3 Å². The molecule has 170 valence electrons. The molecule has 1 atom stereocenters. The molecule has 1 aliphatic rings. The van der Waals surface area contributed by atoms with Gasteiger partial charge in [-0.25, -0.2) is 4.98 Å². The summed E-state index contributed by atoms with van der Waals surface area (Å²) in [4.78, 5) is 12.7. The van der Waals surface area contributed by atoms with Crippen LogP contribution in [0.1, 0.15) is 17.0 Å². The number of benzene rings is 2. The number of oxime groups is 1. The van der Waals surface area contributed by atoms with Crippen LogP contribution in [-0.2, 0) is 0 Å². The summed E-state index contributed by atoms with van der Waals surface area (Å²) in [6, 6.07) is 18.1. The molecule has 0 fully saturated rings. The number of pyridine rings is 1. The van der Waals surface area contributed by atoms with Crippen LogP contribution in [0.2, 0.25) is 0 Å². The van der Waals surface area contributed by atoms with Crippen LogP contribution in [0.5, 0.6) is 5.75 Å². The zero-order valence-electron chi connectivity index (χ0n) is 18.8. The minimum Gasteiger partial charge on any atom is -0.492 e. The molecule has 0 amide bonds. The number of imidazole rings is 1. The molecule has 0 spiro atoms. The second kappa shape index (κ2) is 9.72. The highest BCUT2D eigenvalue weighted by atomic mass is 16.5. The first-order chi connectivity index (χ1) is 16.8. The molecular weight excluding hydrogens is 426 g/mol. The summed E-state index contributed by atoms with van der Waals surface area (Å²) in [5.41, 5.74) is 6.99. The van der Waals surface area contributed by atoms with E-state index < -0.39 is 0 Å². The van der Waals surface area contributed by atoms with Crippen LogP contribution in [-0.4, -0.2) is 46.6 Å². The SMILES string of the molecule is CNCCOc1ccc(-c2nc(-c3ccc4c(c3)C=CC4C=NO)c(-c3ccncc3)[nH]2)cc1. The topological polar surface area (TPSA) is 95.4 Å². The first kappa shape index (κ1) is 21.6. The Bertz CT molecular complexity index is 1330. The normalized spacial score (nSPS) is 14.6. The smallest absolute Gasteiger partial charge is 0.138 e. The number of hydrogen-bond donors (Lipinski definition) is 3. The summed E-state index contributed by atoms with van der Waals surface area (Å²) in [6.45, 7) is 1.41. The molecule has 1 aliphatic carbocycles. The van der Waals surface area contributed by atoms with Crippen LogP contribution in [0.3, 0.4) is 0 Å². The number of aromatic nitrogens is 3. The molecule has 0 bridgehead atoms. The van der Waals surface area contributed by atoms with Gasteiger partial charge in [0.15, 0.2) is 0 Å². The Morgan fingerprint density at radius 2 is 1.85 bits per heavy atom. The van der Waals surface area contributed by atoms with Gasteiger partial charge in [0.05, 0.1) is 17.6 Å². The van der Waals surface area contributed by atoms with Gasteiger partial charge in [-0.3, -0.25) is 4.98 Å². The Morgan fingerprint density at radius 3 is 2.62 bits per heavy atom. The number of likely N-dealkylation sites (N-methyl/N-ethyl adjacent to an activating group) is 1. The van der Waals surface area contributed by atoms with E-state index >= 15 is 0 Å². The van der Waals surface area contributed by atoms with E-state index in [9.17, 15) is 0 Å². The Balaban J connectivity index is 1.52. The lowest BCUT2D eigenvalue weighted by atomic mass is 9.97. The second-order valence-electron chi connectivity index (χ2n) is 8.01. The van der Waals surface area contributed by atoms with Crippen LogP contribution in [0.15, 0.2) is 78.2 Å². The Kier molecular flexibility index (Phi) is 6.18. The Hall–Kier alpha value is -4.23. The van der Waals surface area contributed by atoms with Crippen molar-refractivity contribution >= 4 is 12.3 Å². The summed E-state index contributed by atoms with van der Waals surface area (Å²) >= 11 is 0. The number of ether oxygens (including phenoxy) is 1. The van der Waals surface area contributed by atoms with Gasteiger partial charge in [0.2, 0.25) is 0 Å². The van der Waals surface area contributed by atoms with Gasteiger partial charge in [0, 0.05) is 41.5 Å². The van der Waals surface area contributed by atoms with Gasteiger partial charge in [-0.2, -0.15) is 0 Å². The Morgan fingerprint density at radius 1 is 1.06 bits per heavy atom. The van der Waals surface area contributed by atoms with Crippen molar-refractivity contribution in [2.24, 2.45) is 5.16 Å². The highest BCUT2D eigenvalue weighted by Crippen LogP contribution is 2.37. The summed E-state index contributed by atoms with van der Waals surface area (Å²) in [6.07, 6.45) is 9.16. The number of nitrogens with zero attached hydrogens (tertiary/aromatic N) is 3. The van der Waals surface area contributed by atoms with Crippen LogP contribution in [0.4, 0.5) is 0 Å². The first-order valence-electron chi connectivity index (χ1n) is 11.1. The fraction of sp³-hybridized carbons (Fsp3) is 0.148. The molecule has 0 radical (unpaired) electrons. The fourth-order valence-corrected chi connectivity index (χ4v) is 4.11. The molecule has 34 heavy (non-hydrogen) atoms. The van der Waals surface area contributed by atoms with Crippen LogP contribution >= 0.6 is 0 Å². The predicted octanol–water partition coefficient (Wildman–Crippen LogP) is 4.97. The van der Waals surface area contributed by atoms with E-state index in [-0.39, 0.29) is 5.92 Å². The molecule has 7 nitrogen and oxygen atoms in total. The fourth-order valence-electron chi connectivity index (χ4n) is 4.11. The summed E-state index contributed by atoms with van der Waals surface area (Å²) in [7, 11) is 1.90. The third-order valence-corrected chi connectivity index (χ3v) is 5.85. The number of allylic oxidation sites excluding steroid dienone is 1. The van der Waals surface area contributed by atoms with Gasteiger partial charge in [-0.1, -0.05) is 24.3 Å². The molecule has 4 aromatic rings. The maximum Gasteiger partial charge on any atom is 0.138 e. The van der Waals surface area contributed by atoms with E-state index in [1.165, 1.54) is 6.21 Å². The lowest BCUT2D eigenvalue weighted by molar-refractivity contribution is 0.318. The molecule has 1 unspecified atom stereocenters. The molecular formula is C27H25N5O2. The molecule has 2 aromatic heterocycles. The average molecular weight is 452 g/mol. The second-order valence-corrected chi connectivity index (χ2v) is 8.01. The quantitative estimate of drug-likeness (QED) is 0.152. The maximum atomic E-state index is 8.94. The number of rotatable bonds is 8. The average Bonchev–Trinajstić information content (AvgIpc) is 3.50. The van der Waals surface area contributed by atoms with Crippen molar-refractivity contribution in [3.05, 3.63) is 84.2 Å². The highest BCUT2D eigenvalue weighted by Gasteiger charge is 2.20. The van der Waals surface area contributed by atoms with Gasteiger partial charge in [0.25, 0.3) is 0 Å². The number of hydrogen-bond acceptors (Lipinski definition) is 6. The number of fused-ring (bicyclic) bond motifs is 1. The molecule has 7 heteroatoms. The van der Waals surface area contributed by atoms with Gasteiger partial charge < -0.3 is 20.2 Å². The van der Waals surface area contributed by atoms with E-state index in [4.69, 9.17) is 14.9 Å². The zero-order chi connectivity index (χ0) is 23.3. The van der Waals surface area contributed by atoms with Gasteiger partial charge >= 0.3 is 0 Å². The highest BCUT2D eigenvalue weighted by molar-refractivity contribution is 5.85. The third kappa shape index (κ3) is 4.33. The number of nitrogens with one attached hydrogen (secondary N) is 2. The lowest BCUT2D eigenvalue weighted by Gasteiger charge is -2.08. The summed E-state index contributed by atoms with van der Waals surface area (Å²) < 4.78 is 5.74. The monoisotopic (exact) mass is 451 g/mol. The molecule has 0 aliphatic heterocycles. The maximum absolute atomic E-state index is 8.94. The number of aromatic amines is 1.